The van der Waals surface area contributed by atoms with Gasteiger partial charge in [0.05, 0.1) is 0 Å². The normalized spacial score (nSPS) is 11.8. The molecule has 4 aromatic heterocycles. The maximum Gasteiger partial charge on any atom is 0.0449 e. The van der Waals surface area contributed by atoms with Crippen molar-refractivity contribution in [1.29, 1.82) is 0 Å². The Hall–Kier alpha value is -2.24. The molecule has 0 N–H and O–H groups in total. The molecule has 0 unspecified atom stereocenters. The standard InChI is InChI=1S/C36H38S4/c1-5-9-23-25(11-7-3)29(21-35-27(23)17-19-37-35)31-13-15-33(39-31)34-16-14-32(40-34)30-22-36-28(18-20-38-36)24(10-6-2)26(30)12-8-4/h13-22H,5-12H2,1-4H3. The smallest absolute Gasteiger partial charge is 0.0449 e. The van der Waals surface area contributed by atoms with E-state index in [1.165, 1.54) is 76.5 Å². The molecule has 40 heavy (non-hydrogen) atoms. The molecule has 0 atom stereocenters. The van der Waals surface area contributed by atoms with Crippen molar-refractivity contribution in [3.8, 4) is 30.6 Å². The second-order valence-corrected chi connectivity index (χ2v) is 14.8. The van der Waals surface area contributed by atoms with Crippen molar-refractivity contribution < 1.29 is 0 Å². The first kappa shape index (κ1) is 27.9. The van der Waals surface area contributed by atoms with Crippen LogP contribution in [0.4, 0.5) is 0 Å². The maximum atomic E-state index is 2.47. The Labute approximate surface area is 255 Å². The van der Waals surface area contributed by atoms with Crippen molar-refractivity contribution in [3.63, 3.8) is 0 Å². The van der Waals surface area contributed by atoms with Crippen LogP contribution in [0.3, 0.4) is 0 Å². The molecule has 0 aliphatic rings. The van der Waals surface area contributed by atoms with Gasteiger partial charge in [-0.05, 0) is 129 Å². The lowest BCUT2D eigenvalue weighted by Crippen LogP contribution is -1.98. The molecular weight excluding hydrogens is 561 g/mol. The highest BCUT2D eigenvalue weighted by molar-refractivity contribution is 7.25. The van der Waals surface area contributed by atoms with Crippen LogP contribution in [-0.4, -0.2) is 0 Å². The lowest BCUT2D eigenvalue weighted by atomic mass is 9.91. The van der Waals surface area contributed by atoms with Crippen LogP contribution in [0, 0.1) is 0 Å². The summed E-state index contributed by atoms with van der Waals surface area (Å²) in [4.78, 5) is 5.61. The fourth-order valence-electron chi connectivity index (χ4n) is 6.26. The Morgan fingerprint density at radius 3 is 1.23 bits per heavy atom. The number of hydrogen-bond acceptors (Lipinski definition) is 4. The summed E-state index contributed by atoms with van der Waals surface area (Å²) in [5, 5.41) is 7.49. The Bertz CT molecular complexity index is 1620. The third kappa shape index (κ3) is 5.13. The molecule has 0 saturated carbocycles. The summed E-state index contributed by atoms with van der Waals surface area (Å²) in [6.07, 6.45) is 9.37. The van der Waals surface area contributed by atoms with Gasteiger partial charge in [0.15, 0.2) is 0 Å². The first-order chi connectivity index (χ1) is 19.7. The fraction of sp³-hybridized carbons (Fsp3) is 0.333. The lowest BCUT2D eigenvalue weighted by molar-refractivity contribution is 0.870. The van der Waals surface area contributed by atoms with E-state index in [-0.39, 0.29) is 0 Å². The Kier molecular flexibility index (Phi) is 8.60. The van der Waals surface area contributed by atoms with Gasteiger partial charge in [-0.25, -0.2) is 0 Å². The lowest BCUT2D eigenvalue weighted by Gasteiger charge is -2.15. The van der Waals surface area contributed by atoms with Crippen LogP contribution in [0.5, 0.6) is 0 Å². The van der Waals surface area contributed by atoms with Gasteiger partial charge in [-0.3, -0.25) is 0 Å². The summed E-state index contributed by atoms with van der Waals surface area (Å²) in [5.41, 5.74) is 9.25. The van der Waals surface area contributed by atoms with Gasteiger partial charge in [0.1, 0.15) is 0 Å². The number of aryl methyl sites for hydroxylation is 2. The molecule has 0 aliphatic heterocycles. The summed E-state index contributed by atoms with van der Waals surface area (Å²) < 4.78 is 2.86. The van der Waals surface area contributed by atoms with Crippen LogP contribution >= 0.6 is 45.3 Å². The second kappa shape index (κ2) is 12.3. The van der Waals surface area contributed by atoms with E-state index in [1.54, 1.807) is 22.3 Å². The third-order valence-corrected chi connectivity index (χ3v) is 12.1. The van der Waals surface area contributed by atoms with Crippen LogP contribution in [-0.2, 0) is 25.7 Å². The molecule has 0 fully saturated rings. The molecule has 6 rings (SSSR count). The largest absolute Gasteiger partial charge is 0.144 e. The molecule has 0 radical (unpaired) electrons. The first-order valence-corrected chi connectivity index (χ1v) is 18.3. The summed E-state index contributed by atoms with van der Waals surface area (Å²) in [5.74, 6) is 0. The van der Waals surface area contributed by atoms with Crippen molar-refractivity contribution in [2.24, 2.45) is 0 Å². The molecule has 0 nitrogen and oxygen atoms in total. The monoisotopic (exact) mass is 598 g/mol. The number of benzene rings is 2. The van der Waals surface area contributed by atoms with Gasteiger partial charge in [0.25, 0.3) is 0 Å². The summed E-state index contributed by atoms with van der Waals surface area (Å²) in [6, 6.07) is 19.1. The number of fused-ring (bicyclic) bond motifs is 2. The molecule has 206 valence electrons. The maximum absolute atomic E-state index is 2.47. The van der Waals surface area contributed by atoms with Gasteiger partial charge in [-0.2, -0.15) is 0 Å². The topological polar surface area (TPSA) is 0 Å². The number of thiophene rings is 4. The van der Waals surface area contributed by atoms with Crippen LogP contribution in [0.1, 0.15) is 75.6 Å². The molecule has 4 heterocycles. The van der Waals surface area contributed by atoms with Gasteiger partial charge >= 0.3 is 0 Å². The molecule has 4 heteroatoms. The average molecular weight is 599 g/mol. The highest BCUT2D eigenvalue weighted by Crippen LogP contribution is 2.45. The highest BCUT2D eigenvalue weighted by Gasteiger charge is 2.19. The van der Waals surface area contributed by atoms with E-state index >= 15 is 0 Å². The van der Waals surface area contributed by atoms with Crippen LogP contribution in [0.2, 0.25) is 0 Å². The molecule has 0 aliphatic carbocycles. The van der Waals surface area contributed by atoms with E-state index in [1.807, 2.05) is 45.3 Å². The van der Waals surface area contributed by atoms with Crippen molar-refractivity contribution in [1.82, 2.24) is 0 Å². The molecular formula is C36H38S4. The highest BCUT2D eigenvalue weighted by atomic mass is 32.1. The summed E-state index contributed by atoms with van der Waals surface area (Å²) in [7, 11) is 0. The Balaban J connectivity index is 1.41. The van der Waals surface area contributed by atoms with Crippen LogP contribution in [0.15, 0.2) is 59.3 Å². The SMILES string of the molecule is CCCc1c(-c2ccc(-c3ccc(-c4cc5sccc5c(CCC)c4CCC)s3)s2)cc2sccc2c1CCC. The quantitative estimate of drug-likeness (QED) is 0.139. The molecule has 0 amide bonds. The van der Waals surface area contributed by atoms with Gasteiger partial charge < -0.3 is 0 Å². The number of hydrogen-bond donors (Lipinski definition) is 0. The van der Waals surface area contributed by atoms with Crippen LogP contribution in [0.25, 0.3) is 50.8 Å². The van der Waals surface area contributed by atoms with E-state index in [2.05, 4.69) is 87.0 Å². The predicted octanol–water partition coefficient (Wildman–Crippen LogP) is 13.0. The zero-order valence-electron chi connectivity index (χ0n) is 24.1. The predicted molar refractivity (Wildman–Crippen MR) is 185 cm³/mol. The second-order valence-electron chi connectivity index (χ2n) is 10.8. The van der Waals surface area contributed by atoms with Gasteiger partial charge in [0.2, 0.25) is 0 Å². The molecule has 6 aromatic rings. The van der Waals surface area contributed by atoms with E-state index in [0.717, 1.165) is 25.7 Å². The van der Waals surface area contributed by atoms with E-state index in [4.69, 9.17) is 0 Å². The van der Waals surface area contributed by atoms with Gasteiger partial charge in [-0.15, -0.1) is 45.3 Å². The molecule has 0 spiro atoms. The van der Waals surface area contributed by atoms with Crippen molar-refractivity contribution >= 4 is 65.5 Å². The zero-order chi connectivity index (χ0) is 27.6. The van der Waals surface area contributed by atoms with Crippen molar-refractivity contribution in [2.45, 2.75) is 79.1 Å². The minimum absolute atomic E-state index is 1.15. The third-order valence-electron chi connectivity index (χ3n) is 7.96. The summed E-state index contributed by atoms with van der Waals surface area (Å²) in [6.45, 7) is 9.25. The van der Waals surface area contributed by atoms with Gasteiger partial charge in [-0.1, -0.05) is 53.4 Å². The molecule has 0 saturated heterocycles. The molecule has 2 aromatic carbocycles. The zero-order valence-corrected chi connectivity index (χ0v) is 27.3. The number of rotatable bonds is 11. The Morgan fingerprint density at radius 2 is 0.825 bits per heavy atom. The van der Waals surface area contributed by atoms with Crippen molar-refractivity contribution in [2.75, 3.05) is 0 Å². The fourth-order valence-corrected chi connectivity index (χ4v) is 10.2. The van der Waals surface area contributed by atoms with Crippen molar-refractivity contribution in [3.05, 3.63) is 81.5 Å². The van der Waals surface area contributed by atoms with Crippen LogP contribution < -0.4 is 0 Å². The van der Waals surface area contributed by atoms with E-state index < -0.39 is 0 Å². The molecule has 0 bridgehead atoms. The summed E-state index contributed by atoms with van der Waals surface area (Å²) >= 11 is 7.72. The average Bonchev–Trinajstić information content (AvgIpc) is 3.77. The van der Waals surface area contributed by atoms with Gasteiger partial charge in [0, 0.05) is 28.9 Å². The van der Waals surface area contributed by atoms with E-state index in [0.29, 0.717) is 0 Å². The Morgan fingerprint density at radius 1 is 0.450 bits per heavy atom. The first-order valence-electron chi connectivity index (χ1n) is 14.9. The van der Waals surface area contributed by atoms with E-state index in [9.17, 15) is 0 Å². The minimum atomic E-state index is 1.15. The minimum Gasteiger partial charge on any atom is -0.144 e.